The predicted molar refractivity (Wildman–Crippen MR) is 223 cm³/mol. The highest BCUT2D eigenvalue weighted by Gasteiger charge is 2.30. The molecule has 0 aliphatic carbocycles. The van der Waals surface area contributed by atoms with Crippen LogP contribution in [0.15, 0.2) is 36.4 Å². The summed E-state index contributed by atoms with van der Waals surface area (Å²) in [6.07, 6.45) is 11.2. The third kappa shape index (κ3) is 11.6. The maximum Gasteiger partial charge on any atom is 0.0357 e. The number of rotatable bonds is 14. The highest BCUT2D eigenvalue weighted by atomic mass is 33.1. The van der Waals surface area contributed by atoms with Gasteiger partial charge in [0.25, 0.3) is 0 Å². The van der Waals surface area contributed by atoms with Crippen LogP contribution in [0.3, 0.4) is 0 Å². The summed E-state index contributed by atoms with van der Waals surface area (Å²) in [6.45, 7) is 40.1. The van der Waals surface area contributed by atoms with Crippen LogP contribution in [0.25, 0.3) is 0 Å². The maximum absolute atomic E-state index is 4.49. The minimum Gasteiger partial charge on any atom is -0.380 e. The minimum absolute atomic E-state index is 0.0882. The number of allylic oxidation sites excluding steroid dienone is 1. The van der Waals surface area contributed by atoms with Gasteiger partial charge in [0.2, 0.25) is 0 Å². The second kappa shape index (κ2) is 15.9. The Kier molecular flexibility index (Phi) is 13.6. The van der Waals surface area contributed by atoms with Gasteiger partial charge in [-0.2, -0.15) is 0 Å². The lowest BCUT2D eigenvalue weighted by atomic mass is 9.72. The summed E-state index contributed by atoms with van der Waals surface area (Å²) in [5.41, 5.74) is 13.2. The largest absolute Gasteiger partial charge is 0.380 e. The van der Waals surface area contributed by atoms with Crippen molar-refractivity contribution in [2.75, 3.05) is 11.1 Å². The van der Waals surface area contributed by atoms with Crippen LogP contribution in [0.5, 0.6) is 0 Å². The Morgan fingerprint density at radius 3 is 1.73 bits per heavy atom. The Hall–Kier alpha value is -1.32. The van der Waals surface area contributed by atoms with Gasteiger partial charge in [-0.25, -0.2) is 0 Å². The van der Waals surface area contributed by atoms with Crippen LogP contribution < -0.4 is 5.32 Å². The van der Waals surface area contributed by atoms with Gasteiger partial charge in [-0.1, -0.05) is 128 Å². The molecule has 48 heavy (non-hydrogen) atoms. The van der Waals surface area contributed by atoms with Gasteiger partial charge in [-0.15, -0.1) is 0 Å². The normalized spacial score (nSPS) is 16.4. The second-order valence-corrected chi connectivity index (χ2v) is 22.3. The van der Waals surface area contributed by atoms with Crippen molar-refractivity contribution in [3.05, 3.63) is 75.4 Å². The van der Waals surface area contributed by atoms with Crippen molar-refractivity contribution in [2.45, 2.75) is 194 Å². The van der Waals surface area contributed by atoms with Crippen LogP contribution in [-0.4, -0.2) is 16.5 Å². The molecule has 0 saturated carbocycles. The average Bonchev–Trinajstić information content (AvgIpc) is 3.44. The Labute approximate surface area is 306 Å². The molecule has 0 bridgehead atoms. The SMILES string of the molecule is C=C(CCCCC1CCSS1)CCCC(C)(C)c1cc(CC(C)(C)Nc2cc(C(C)(C)C)c(C)c(C(C)(C)C)c2)cc(C(C)(C)C)c1C. The Balaban J connectivity index is 1.80. The van der Waals surface area contributed by atoms with E-state index < -0.39 is 0 Å². The number of benzene rings is 2. The first-order valence-electron chi connectivity index (χ1n) is 18.9. The van der Waals surface area contributed by atoms with Gasteiger partial charge < -0.3 is 5.32 Å². The molecule has 0 radical (unpaired) electrons. The number of hydrogen-bond acceptors (Lipinski definition) is 3. The van der Waals surface area contributed by atoms with E-state index in [0.717, 1.165) is 18.1 Å². The van der Waals surface area contributed by atoms with Crippen LogP contribution >= 0.6 is 21.6 Å². The van der Waals surface area contributed by atoms with E-state index in [1.54, 1.807) is 0 Å². The van der Waals surface area contributed by atoms with E-state index in [-0.39, 0.29) is 27.2 Å². The first-order chi connectivity index (χ1) is 21.9. The standard InChI is InChI=1S/C45H73NS2/c1-31(20-17-18-22-36-23-25-47-48-36)21-19-24-44(13,14)40-27-34(26-37(33(40)3)41(4,5)6)30-45(15,16)46-35-28-38(42(7,8)9)32(2)39(29-35)43(10,11)12/h26-29,36,46H,1,17-25,30H2,2-16H3. The van der Waals surface area contributed by atoms with Gasteiger partial charge in [0, 0.05) is 22.2 Å². The molecular weight excluding hydrogens is 619 g/mol. The van der Waals surface area contributed by atoms with Gasteiger partial charge in [-0.05, 0) is 152 Å². The quantitative estimate of drug-likeness (QED) is 0.120. The molecule has 270 valence electrons. The predicted octanol–water partition coefficient (Wildman–Crippen LogP) is 14.3. The summed E-state index contributed by atoms with van der Waals surface area (Å²) in [6, 6.07) is 9.90. The van der Waals surface area contributed by atoms with Crippen molar-refractivity contribution in [1.82, 2.24) is 0 Å². The molecule has 3 rings (SSSR count). The molecule has 3 heteroatoms. The van der Waals surface area contributed by atoms with Crippen molar-refractivity contribution < 1.29 is 0 Å². The van der Waals surface area contributed by atoms with Crippen LogP contribution in [-0.2, 0) is 28.1 Å². The summed E-state index contributed by atoms with van der Waals surface area (Å²) in [5.74, 6) is 1.34. The zero-order valence-electron chi connectivity index (χ0n) is 34.0. The molecule has 1 nitrogen and oxygen atoms in total. The molecule has 0 aromatic heterocycles. The average molecular weight is 692 g/mol. The van der Waals surface area contributed by atoms with Crippen molar-refractivity contribution in [1.29, 1.82) is 0 Å². The first-order valence-corrected chi connectivity index (χ1v) is 21.3. The van der Waals surface area contributed by atoms with Crippen LogP contribution in [0.2, 0.25) is 0 Å². The molecule has 2 aromatic carbocycles. The van der Waals surface area contributed by atoms with Gasteiger partial charge >= 0.3 is 0 Å². The van der Waals surface area contributed by atoms with Gasteiger partial charge in [-0.3, -0.25) is 0 Å². The van der Waals surface area contributed by atoms with E-state index in [0.29, 0.717) is 0 Å². The van der Waals surface area contributed by atoms with Gasteiger partial charge in [0.1, 0.15) is 0 Å². The van der Waals surface area contributed by atoms with Crippen molar-refractivity contribution >= 4 is 27.3 Å². The number of unbranched alkanes of at least 4 members (excludes halogenated alkanes) is 1. The van der Waals surface area contributed by atoms with Crippen LogP contribution in [0.4, 0.5) is 5.69 Å². The van der Waals surface area contributed by atoms with Crippen LogP contribution in [0, 0.1) is 13.8 Å². The summed E-state index contributed by atoms with van der Waals surface area (Å²) in [7, 11) is 4.18. The fourth-order valence-electron chi connectivity index (χ4n) is 8.00. The molecule has 1 N–H and O–H groups in total. The Morgan fingerprint density at radius 1 is 0.708 bits per heavy atom. The third-order valence-electron chi connectivity index (χ3n) is 10.5. The van der Waals surface area contributed by atoms with E-state index in [9.17, 15) is 0 Å². The molecule has 0 amide bonds. The van der Waals surface area contributed by atoms with Gasteiger partial charge in [0.15, 0.2) is 0 Å². The summed E-state index contributed by atoms with van der Waals surface area (Å²) in [4.78, 5) is 0. The summed E-state index contributed by atoms with van der Waals surface area (Å²) < 4.78 is 0. The first kappa shape index (κ1) is 41.1. The molecule has 1 unspecified atom stereocenters. The number of nitrogens with one attached hydrogen (secondary N) is 1. The molecule has 1 saturated heterocycles. The lowest BCUT2D eigenvalue weighted by molar-refractivity contribution is 0.452. The van der Waals surface area contributed by atoms with Crippen molar-refractivity contribution in [2.24, 2.45) is 0 Å². The third-order valence-corrected chi connectivity index (χ3v) is 13.5. The number of hydrogen-bond donors (Lipinski definition) is 1. The molecule has 1 fully saturated rings. The highest BCUT2D eigenvalue weighted by molar-refractivity contribution is 8.77. The maximum atomic E-state index is 4.49. The molecule has 1 aliphatic heterocycles. The fraction of sp³-hybridized carbons (Fsp3) is 0.689. The topological polar surface area (TPSA) is 12.0 Å². The second-order valence-electron chi connectivity index (χ2n) is 19.5. The molecule has 2 aromatic rings. The van der Waals surface area contributed by atoms with Gasteiger partial charge in [0.05, 0.1) is 0 Å². The zero-order chi connectivity index (χ0) is 36.3. The summed E-state index contributed by atoms with van der Waals surface area (Å²) >= 11 is 0. The minimum atomic E-state index is -0.113. The molecular formula is C45H73NS2. The van der Waals surface area contributed by atoms with E-state index >= 15 is 0 Å². The highest BCUT2D eigenvalue weighted by Crippen LogP contribution is 2.41. The molecule has 1 atom stereocenters. The smallest absolute Gasteiger partial charge is 0.0357 e. The van der Waals surface area contributed by atoms with Crippen molar-refractivity contribution in [3.63, 3.8) is 0 Å². The number of anilines is 1. The Bertz CT molecular complexity index is 1350. The molecule has 1 heterocycles. The van der Waals surface area contributed by atoms with E-state index in [1.807, 2.05) is 0 Å². The van der Waals surface area contributed by atoms with E-state index in [4.69, 9.17) is 0 Å². The Morgan fingerprint density at radius 2 is 1.21 bits per heavy atom. The van der Waals surface area contributed by atoms with Crippen molar-refractivity contribution in [3.8, 4) is 0 Å². The monoisotopic (exact) mass is 692 g/mol. The summed E-state index contributed by atoms with van der Waals surface area (Å²) in [5, 5.41) is 4.92. The lowest BCUT2D eigenvalue weighted by Crippen LogP contribution is -2.34. The lowest BCUT2D eigenvalue weighted by Gasteiger charge is -2.35. The fourth-order valence-corrected chi connectivity index (χ4v) is 11.0. The zero-order valence-corrected chi connectivity index (χ0v) is 35.6. The molecule has 1 aliphatic rings. The van der Waals surface area contributed by atoms with E-state index in [1.165, 1.54) is 101 Å². The van der Waals surface area contributed by atoms with E-state index in [2.05, 4.69) is 162 Å². The molecule has 0 spiro atoms. The van der Waals surface area contributed by atoms with Crippen LogP contribution in [0.1, 0.15) is 180 Å².